The molecule has 2 aromatic rings. The number of hydrogen-bond donors (Lipinski definition) is 1. The largest absolute Gasteiger partial charge is 0.264 e. The molecule has 0 saturated heterocycles. The van der Waals surface area contributed by atoms with Gasteiger partial charge < -0.3 is 0 Å². The van der Waals surface area contributed by atoms with Crippen molar-refractivity contribution in [3.63, 3.8) is 0 Å². The zero-order chi connectivity index (χ0) is 14.9. The fourth-order valence-corrected chi connectivity index (χ4v) is 3.27. The van der Waals surface area contributed by atoms with Gasteiger partial charge in [-0.05, 0) is 31.4 Å². The summed E-state index contributed by atoms with van der Waals surface area (Å²) in [4.78, 5) is 0.127. The van der Waals surface area contributed by atoms with Crippen molar-refractivity contribution in [1.82, 2.24) is 9.78 Å². The van der Waals surface area contributed by atoms with E-state index in [1.165, 1.54) is 5.56 Å². The molecule has 6 heteroatoms. The summed E-state index contributed by atoms with van der Waals surface area (Å²) in [6, 6.07) is 8.21. The minimum Gasteiger partial charge on any atom is -0.264 e. The molecule has 0 fully saturated rings. The molecule has 2 N–H and O–H groups in total. The van der Waals surface area contributed by atoms with E-state index in [0.717, 1.165) is 12.0 Å². The van der Waals surface area contributed by atoms with Crippen molar-refractivity contribution in [2.24, 2.45) is 5.14 Å². The van der Waals surface area contributed by atoms with Gasteiger partial charge in [0.2, 0.25) is 10.0 Å². The van der Waals surface area contributed by atoms with Gasteiger partial charge in [0.05, 0.1) is 17.9 Å². The van der Waals surface area contributed by atoms with Crippen molar-refractivity contribution < 1.29 is 8.42 Å². The molecule has 0 aliphatic heterocycles. The summed E-state index contributed by atoms with van der Waals surface area (Å²) in [6.07, 6.45) is 0.996. The summed E-state index contributed by atoms with van der Waals surface area (Å²) in [5.41, 5.74) is 3.36. The second-order valence-electron chi connectivity index (χ2n) is 4.87. The van der Waals surface area contributed by atoms with Crippen LogP contribution in [0.4, 0.5) is 0 Å². The highest BCUT2D eigenvalue weighted by Gasteiger charge is 2.20. The average molecular weight is 293 g/mol. The van der Waals surface area contributed by atoms with Crippen LogP contribution >= 0.6 is 0 Å². The first-order chi connectivity index (χ1) is 9.32. The normalized spacial score (nSPS) is 11.8. The van der Waals surface area contributed by atoms with E-state index in [4.69, 9.17) is 5.14 Å². The molecule has 2 rings (SSSR count). The van der Waals surface area contributed by atoms with Crippen LogP contribution in [0, 0.1) is 13.8 Å². The van der Waals surface area contributed by atoms with Crippen LogP contribution in [0.15, 0.2) is 29.2 Å². The minimum absolute atomic E-state index is 0.127. The number of rotatable bonds is 4. The van der Waals surface area contributed by atoms with E-state index in [9.17, 15) is 8.42 Å². The summed E-state index contributed by atoms with van der Waals surface area (Å²) in [7, 11) is -3.73. The van der Waals surface area contributed by atoms with Crippen LogP contribution in [0.25, 0.3) is 0 Å². The van der Waals surface area contributed by atoms with Gasteiger partial charge >= 0.3 is 0 Å². The standard InChI is InChI=1S/C14H19N3O2S/c1-4-12-5-7-13(8-6-12)9-17-11(3)14(10(2)16-17)20(15,18)19/h5-8H,4,9H2,1-3H3,(H2,15,18,19). The maximum Gasteiger partial charge on any atom is 0.241 e. The Balaban J connectivity index is 2.35. The lowest BCUT2D eigenvalue weighted by Gasteiger charge is -2.06. The highest BCUT2D eigenvalue weighted by Crippen LogP contribution is 2.19. The molecule has 0 amide bonds. The lowest BCUT2D eigenvalue weighted by Crippen LogP contribution is -2.14. The second kappa shape index (κ2) is 5.38. The van der Waals surface area contributed by atoms with Gasteiger partial charge in [-0.25, -0.2) is 13.6 Å². The third kappa shape index (κ3) is 2.91. The Kier molecular flexibility index (Phi) is 3.96. The molecule has 0 aliphatic carbocycles. The smallest absolute Gasteiger partial charge is 0.241 e. The van der Waals surface area contributed by atoms with E-state index in [0.29, 0.717) is 17.9 Å². The number of primary sulfonamides is 1. The number of nitrogens with zero attached hydrogens (tertiary/aromatic N) is 2. The minimum atomic E-state index is -3.73. The molecule has 108 valence electrons. The van der Waals surface area contributed by atoms with Crippen molar-refractivity contribution in [2.45, 2.75) is 38.6 Å². The summed E-state index contributed by atoms with van der Waals surface area (Å²) < 4.78 is 24.8. The van der Waals surface area contributed by atoms with Crippen LogP contribution in [0.1, 0.15) is 29.4 Å². The van der Waals surface area contributed by atoms with E-state index in [2.05, 4.69) is 24.2 Å². The molecule has 0 unspecified atom stereocenters. The molecular formula is C14H19N3O2S. The van der Waals surface area contributed by atoms with E-state index >= 15 is 0 Å². The third-order valence-corrected chi connectivity index (χ3v) is 4.52. The quantitative estimate of drug-likeness (QED) is 0.933. The first-order valence-electron chi connectivity index (χ1n) is 6.47. The Morgan fingerprint density at radius 3 is 2.15 bits per heavy atom. The molecule has 1 heterocycles. The molecule has 0 radical (unpaired) electrons. The zero-order valence-electron chi connectivity index (χ0n) is 11.9. The van der Waals surface area contributed by atoms with Gasteiger partial charge in [0.1, 0.15) is 4.90 Å². The number of benzene rings is 1. The van der Waals surface area contributed by atoms with Crippen LogP contribution in [0.2, 0.25) is 0 Å². The van der Waals surface area contributed by atoms with E-state index in [1.54, 1.807) is 18.5 Å². The fourth-order valence-electron chi connectivity index (χ4n) is 2.30. The monoisotopic (exact) mass is 293 g/mol. The second-order valence-corrected chi connectivity index (χ2v) is 6.37. The molecule has 0 spiro atoms. The van der Waals surface area contributed by atoms with Crippen molar-refractivity contribution in [1.29, 1.82) is 0 Å². The fraction of sp³-hybridized carbons (Fsp3) is 0.357. The molecule has 5 nitrogen and oxygen atoms in total. The molecule has 0 atom stereocenters. The maximum absolute atomic E-state index is 11.5. The third-order valence-electron chi connectivity index (χ3n) is 3.36. The molecule has 1 aromatic carbocycles. The van der Waals surface area contributed by atoms with Gasteiger partial charge in [-0.3, -0.25) is 4.68 Å². The Morgan fingerprint density at radius 1 is 1.15 bits per heavy atom. The van der Waals surface area contributed by atoms with Gasteiger partial charge in [-0.15, -0.1) is 0 Å². The van der Waals surface area contributed by atoms with Crippen LogP contribution in [0.5, 0.6) is 0 Å². The lowest BCUT2D eigenvalue weighted by atomic mass is 10.1. The molecule has 0 aliphatic rings. The molecular weight excluding hydrogens is 274 g/mol. The highest BCUT2D eigenvalue weighted by atomic mass is 32.2. The van der Waals surface area contributed by atoms with Crippen molar-refractivity contribution in [3.8, 4) is 0 Å². The van der Waals surface area contributed by atoms with Crippen molar-refractivity contribution >= 4 is 10.0 Å². The molecule has 1 aromatic heterocycles. The van der Waals surface area contributed by atoms with Gasteiger partial charge in [-0.2, -0.15) is 5.10 Å². The predicted octanol–water partition coefficient (Wildman–Crippen LogP) is 1.76. The Labute approximate surface area is 119 Å². The molecule has 0 bridgehead atoms. The number of hydrogen-bond acceptors (Lipinski definition) is 3. The number of sulfonamides is 1. The number of aromatic nitrogens is 2. The van der Waals surface area contributed by atoms with Crippen molar-refractivity contribution in [3.05, 3.63) is 46.8 Å². The van der Waals surface area contributed by atoms with Gasteiger partial charge in [-0.1, -0.05) is 31.2 Å². The molecule has 20 heavy (non-hydrogen) atoms. The van der Waals surface area contributed by atoms with Gasteiger partial charge in [0.15, 0.2) is 0 Å². The maximum atomic E-state index is 11.5. The summed E-state index contributed by atoms with van der Waals surface area (Å²) >= 11 is 0. The van der Waals surface area contributed by atoms with E-state index < -0.39 is 10.0 Å². The predicted molar refractivity (Wildman–Crippen MR) is 78.0 cm³/mol. The van der Waals surface area contributed by atoms with Crippen LogP contribution in [-0.4, -0.2) is 18.2 Å². The van der Waals surface area contributed by atoms with Gasteiger partial charge in [0.25, 0.3) is 0 Å². The van der Waals surface area contributed by atoms with Crippen molar-refractivity contribution in [2.75, 3.05) is 0 Å². The highest BCUT2D eigenvalue weighted by molar-refractivity contribution is 7.89. The summed E-state index contributed by atoms with van der Waals surface area (Å²) in [6.45, 7) is 6.02. The molecule has 0 saturated carbocycles. The van der Waals surface area contributed by atoms with Crippen LogP contribution in [0.3, 0.4) is 0 Å². The average Bonchev–Trinajstić information content (AvgIpc) is 2.64. The van der Waals surface area contributed by atoms with E-state index in [1.807, 2.05) is 12.1 Å². The zero-order valence-corrected chi connectivity index (χ0v) is 12.7. The van der Waals surface area contributed by atoms with Crippen LogP contribution in [-0.2, 0) is 23.0 Å². The number of aryl methyl sites for hydroxylation is 2. The Hall–Kier alpha value is -1.66. The summed E-state index contributed by atoms with van der Waals surface area (Å²) in [5.74, 6) is 0. The Morgan fingerprint density at radius 2 is 1.70 bits per heavy atom. The first-order valence-corrected chi connectivity index (χ1v) is 8.02. The van der Waals surface area contributed by atoms with Crippen LogP contribution < -0.4 is 5.14 Å². The number of nitrogens with two attached hydrogens (primary N) is 1. The summed E-state index contributed by atoms with van der Waals surface area (Å²) in [5, 5.41) is 9.49. The Bertz CT molecular complexity index is 716. The SMILES string of the molecule is CCc1ccc(Cn2nc(C)c(S(N)(=O)=O)c2C)cc1. The van der Waals surface area contributed by atoms with E-state index in [-0.39, 0.29) is 4.90 Å². The topological polar surface area (TPSA) is 78.0 Å². The lowest BCUT2D eigenvalue weighted by molar-refractivity contribution is 0.595. The first kappa shape index (κ1) is 14.7. The van der Waals surface area contributed by atoms with Gasteiger partial charge in [0, 0.05) is 0 Å².